The molecule has 0 aliphatic rings. The maximum atomic E-state index is 12.5. The quantitative estimate of drug-likeness (QED) is 0.387. The van der Waals surface area contributed by atoms with Gasteiger partial charge >= 0.3 is 0 Å². The van der Waals surface area contributed by atoms with Crippen molar-refractivity contribution in [3.05, 3.63) is 53.0 Å². The second-order valence-corrected chi connectivity index (χ2v) is 6.23. The monoisotopic (exact) mass is 353 g/mol. The Morgan fingerprint density at radius 2 is 2.04 bits per heavy atom. The first-order valence-corrected chi connectivity index (χ1v) is 8.56. The maximum Gasteiger partial charge on any atom is 0.207 e. The summed E-state index contributed by atoms with van der Waals surface area (Å²) in [5, 5.41) is 9.39. The van der Waals surface area contributed by atoms with Crippen LogP contribution >= 0.6 is 0 Å². The molecule has 0 amide bonds. The van der Waals surface area contributed by atoms with Gasteiger partial charge in [-0.3, -0.25) is 4.79 Å². The zero-order chi connectivity index (χ0) is 19.1. The van der Waals surface area contributed by atoms with E-state index < -0.39 is 0 Å². The summed E-state index contributed by atoms with van der Waals surface area (Å²) in [6, 6.07) is 8.90. The lowest BCUT2D eigenvalue weighted by atomic mass is 10.0. The fourth-order valence-electron chi connectivity index (χ4n) is 2.34. The molecule has 0 bridgehead atoms. The molecule has 136 valence electrons. The van der Waals surface area contributed by atoms with Gasteiger partial charge in [-0.25, -0.2) is 0 Å². The topological polar surface area (TPSA) is 72.5 Å². The van der Waals surface area contributed by atoms with Crippen LogP contribution < -0.4 is 9.47 Å². The number of furan rings is 1. The average Bonchev–Trinajstić information content (AvgIpc) is 3.04. The second-order valence-electron chi connectivity index (χ2n) is 6.23. The molecule has 1 heterocycles. The van der Waals surface area contributed by atoms with Gasteiger partial charge in [0.1, 0.15) is 17.4 Å². The van der Waals surface area contributed by atoms with E-state index in [9.17, 15) is 10.1 Å². The van der Waals surface area contributed by atoms with Crippen LogP contribution in [0.4, 0.5) is 0 Å². The van der Waals surface area contributed by atoms with E-state index in [1.165, 1.54) is 6.26 Å². The Kier molecular flexibility index (Phi) is 6.62. The lowest BCUT2D eigenvalue weighted by molar-refractivity contribution is 0.103. The van der Waals surface area contributed by atoms with E-state index in [0.717, 1.165) is 0 Å². The molecule has 1 aromatic carbocycles. The summed E-state index contributed by atoms with van der Waals surface area (Å²) in [7, 11) is 0. The number of ether oxygens (including phenoxy) is 2. The molecule has 0 aliphatic heterocycles. The number of aryl methyl sites for hydroxylation is 1. The van der Waals surface area contributed by atoms with Crippen molar-refractivity contribution in [2.45, 2.75) is 27.7 Å². The summed E-state index contributed by atoms with van der Waals surface area (Å²) in [4.78, 5) is 12.5. The van der Waals surface area contributed by atoms with E-state index in [4.69, 9.17) is 13.9 Å². The first-order chi connectivity index (χ1) is 12.5. The lowest BCUT2D eigenvalue weighted by Gasteiger charge is -2.14. The number of hydrogen-bond donors (Lipinski definition) is 0. The molecule has 0 fully saturated rings. The third kappa shape index (κ3) is 4.76. The normalized spacial score (nSPS) is 11.3. The van der Waals surface area contributed by atoms with Crippen LogP contribution in [0.3, 0.4) is 0 Å². The number of rotatable bonds is 8. The summed E-state index contributed by atoms with van der Waals surface area (Å²) in [5.41, 5.74) is 1.11. The van der Waals surface area contributed by atoms with Crippen molar-refractivity contribution in [3.8, 4) is 17.6 Å². The van der Waals surface area contributed by atoms with Gasteiger partial charge < -0.3 is 13.9 Å². The van der Waals surface area contributed by atoms with E-state index >= 15 is 0 Å². The van der Waals surface area contributed by atoms with Gasteiger partial charge in [-0.2, -0.15) is 5.26 Å². The van der Waals surface area contributed by atoms with Crippen LogP contribution in [0.1, 0.15) is 42.5 Å². The first kappa shape index (κ1) is 19.3. The molecule has 0 radical (unpaired) electrons. The number of carbonyl (C=O) groups excluding carboxylic acids is 1. The average molecular weight is 353 g/mol. The van der Waals surface area contributed by atoms with Gasteiger partial charge in [0.2, 0.25) is 5.78 Å². The Balaban J connectivity index is 2.32. The van der Waals surface area contributed by atoms with E-state index in [-0.39, 0.29) is 11.4 Å². The number of carbonyl (C=O) groups is 1. The number of Topliss-reactive ketones (excluding diaryl/α,β-unsaturated/α-hetero) is 1. The van der Waals surface area contributed by atoms with E-state index in [0.29, 0.717) is 47.5 Å². The minimum atomic E-state index is -0.364. The highest BCUT2D eigenvalue weighted by atomic mass is 16.5. The molecule has 0 aliphatic carbocycles. The third-order valence-corrected chi connectivity index (χ3v) is 3.62. The Hall–Kier alpha value is -3.00. The maximum absolute atomic E-state index is 12.5. The molecule has 0 saturated heterocycles. The minimum Gasteiger partial charge on any atom is -0.490 e. The fraction of sp³-hybridized carbons (Fsp3) is 0.333. The Morgan fingerprint density at radius 1 is 1.27 bits per heavy atom. The van der Waals surface area contributed by atoms with Crippen molar-refractivity contribution in [3.63, 3.8) is 0 Å². The van der Waals surface area contributed by atoms with Crippen molar-refractivity contribution in [1.29, 1.82) is 5.26 Å². The standard InChI is InChI=1S/C21H23NO4/c1-5-24-20-11-16(6-7-19(20)26-13-14(2)3)10-17(12-22)21(23)18-8-9-25-15(18)4/h6-11,14H,5,13H2,1-4H3/b17-10+. The van der Waals surface area contributed by atoms with Crippen LogP contribution in [0.5, 0.6) is 11.5 Å². The number of nitriles is 1. The molecule has 5 nitrogen and oxygen atoms in total. The Labute approximate surface area is 153 Å². The second kappa shape index (κ2) is 8.91. The molecule has 0 spiro atoms. The van der Waals surface area contributed by atoms with Crippen LogP contribution in [0.2, 0.25) is 0 Å². The van der Waals surface area contributed by atoms with Crippen molar-refractivity contribution < 1.29 is 18.7 Å². The Bertz CT molecular complexity index is 840. The van der Waals surface area contributed by atoms with Crippen LogP contribution in [-0.2, 0) is 0 Å². The number of benzene rings is 1. The summed E-state index contributed by atoms with van der Waals surface area (Å²) < 4.78 is 16.6. The van der Waals surface area contributed by atoms with E-state index in [1.54, 1.807) is 37.3 Å². The molecular formula is C21H23NO4. The van der Waals surface area contributed by atoms with Gasteiger partial charge in [-0.1, -0.05) is 19.9 Å². The van der Waals surface area contributed by atoms with E-state index in [2.05, 4.69) is 13.8 Å². The molecule has 26 heavy (non-hydrogen) atoms. The van der Waals surface area contributed by atoms with Crippen LogP contribution in [0.25, 0.3) is 6.08 Å². The van der Waals surface area contributed by atoms with Crippen LogP contribution in [0, 0.1) is 24.2 Å². The third-order valence-electron chi connectivity index (χ3n) is 3.62. The molecule has 0 atom stereocenters. The molecule has 2 rings (SSSR count). The summed E-state index contributed by atoms with van der Waals surface area (Å²) in [6.45, 7) is 8.79. The molecular weight excluding hydrogens is 330 g/mol. The van der Waals surface area contributed by atoms with Gasteiger partial charge in [0.05, 0.1) is 25.0 Å². The zero-order valence-electron chi connectivity index (χ0n) is 15.5. The molecule has 0 N–H and O–H groups in total. The molecule has 5 heteroatoms. The van der Waals surface area contributed by atoms with E-state index in [1.807, 2.05) is 13.0 Å². The summed E-state index contributed by atoms with van der Waals surface area (Å²) in [5.74, 6) is 1.75. The fourth-order valence-corrected chi connectivity index (χ4v) is 2.34. The van der Waals surface area contributed by atoms with Gasteiger partial charge in [0.25, 0.3) is 0 Å². The van der Waals surface area contributed by atoms with Crippen molar-refractivity contribution >= 4 is 11.9 Å². The van der Waals surface area contributed by atoms with Crippen molar-refractivity contribution in [2.75, 3.05) is 13.2 Å². The number of allylic oxidation sites excluding steroid dienone is 1. The number of hydrogen-bond acceptors (Lipinski definition) is 5. The zero-order valence-corrected chi connectivity index (χ0v) is 15.5. The highest BCUT2D eigenvalue weighted by molar-refractivity contribution is 6.14. The highest BCUT2D eigenvalue weighted by Gasteiger charge is 2.17. The van der Waals surface area contributed by atoms with Crippen molar-refractivity contribution in [2.24, 2.45) is 5.92 Å². The largest absolute Gasteiger partial charge is 0.490 e. The molecule has 2 aromatic rings. The number of nitrogens with zero attached hydrogens (tertiary/aromatic N) is 1. The smallest absolute Gasteiger partial charge is 0.207 e. The van der Waals surface area contributed by atoms with Gasteiger partial charge in [-0.15, -0.1) is 0 Å². The number of ketones is 1. The van der Waals surface area contributed by atoms with Crippen LogP contribution in [0.15, 0.2) is 40.5 Å². The molecule has 0 saturated carbocycles. The van der Waals surface area contributed by atoms with Crippen molar-refractivity contribution in [1.82, 2.24) is 0 Å². The van der Waals surface area contributed by atoms with Gasteiger partial charge in [0, 0.05) is 0 Å². The molecule has 1 aromatic heterocycles. The molecule has 0 unspecified atom stereocenters. The highest BCUT2D eigenvalue weighted by Crippen LogP contribution is 2.30. The van der Waals surface area contributed by atoms with Gasteiger partial charge in [-0.05, 0) is 49.6 Å². The summed E-state index contributed by atoms with van der Waals surface area (Å²) >= 11 is 0. The SMILES string of the molecule is CCOc1cc(/C=C(\C#N)C(=O)c2ccoc2C)ccc1OCC(C)C. The first-order valence-electron chi connectivity index (χ1n) is 8.56. The van der Waals surface area contributed by atoms with Gasteiger partial charge in [0.15, 0.2) is 11.5 Å². The summed E-state index contributed by atoms with van der Waals surface area (Å²) in [6.07, 6.45) is 2.98. The minimum absolute atomic E-state index is 0.0350. The van der Waals surface area contributed by atoms with Crippen LogP contribution in [-0.4, -0.2) is 19.0 Å². The lowest BCUT2D eigenvalue weighted by Crippen LogP contribution is -2.06. The predicted octanol–water partition coefficient (Wildman–Crippen LogP) is 4.81. The Morgan fingerprint density at radius 3 is 2.62 bits per heavy atom. The predicted molar refractivity (Wildman–Crippen MR) is 99.3 cm³/mol.